The molecule has 2 heterocycles. The van der Waals surface area contributed by atoms with E-state index in [0.717, 1.165) is 25.1 Å². The van der Waals surface area contributed by atoms with Gasteiger partial charge < -0.3 is 15.4 Å². The molecule has 5 heteroatoms. The molecule has 2 N–H and O–H groups in total. The second-order valence-electron chi connectivity index (χ2n) is 4.48. The van der Waals surface area contributed by atoms with Crippen LogP contribution in [-0.4, -0.2) is 37.3 Å². The maximum absolute atomic E-state index is 8.74. The first-order valence-electron chi connectivity index (χ1n) is 6.14. The van der Waals surface area contributed by atoms with Gasteiger partial charge in [-0.2, -0.15) is 5.26 Å². The average Bonchev–Trinajstić information content (AvgIpc) is 2.46. The summed E-state index contributed by atoms with van der Waals surface area (Å²) in [7, 11) is 1.75. The minimum absolute atomic E-state index is 0.276. The van der Waals surface area contributed by atoms with Crippen molar-refractivity contribution in [2.75, 3.05) is 25.1 Å². The van der Waals surface area contributed by atoms with Crippen molar-refractivity contribution in [2.45, 2.75) is 25.0 Å². The molecule has 1 aliphatic rings. The third kappa shape index (κ3) is 2.61. The molecular formula is C13H18N4O. The molecule has 0 aromatic carbocycles. The topological polar surface area (TPSA) is 75.2 Å². The summed E-state index contributed by atoms with van der Waals surface area (Å²) < 4.78 is 5.40. The van der Waals surface area contributed by atoms with Crippen LogP contribution in [0.1, 0.15) is 18.5 Å². The molecule has 2 unspecified atom stereocenters. The van der Waals surface area contributed by atoms with E-state index < -0.39 is 0 Å². The highest BCUT2D eigenvalue weighted by atomic mass is 16.5. The Morgan fingerprint density at radius 1 is 1.61 bits per heavy atom. The monoisotopic (exact) mass is 246 g/mol. The Kier molecular flexibility index (Phi) is 4.13. The summed E-state index contributed by atoms with van der Waals surface area (Å²) in [5.74, 6) is 0. The number of rotatable bonds is 3. The minimum atomic E-state index is 0.276. The van der Waals surface area contributed by atoms with Crippen molar-refractivity contribution in [1.82, 2.24) is 4.98 Å². The van der Waals surface area contributed by atoms with Crippen molar-refractivity contribution < 1.29 is 4.74 Å². The van der Waals surface area contributed by atoms with Gasteiger partial charge in [-0.1, -0.05) is 0 Å². The summed E-state index contributed by atoms with van der Waals surface area (Å²) in [6.45, 7) is 1.51. The van der Waals surface area contributed by atoms with Crippen molar-refractivity contribution in [1.29, 1.82) is 5.26 Å². The SMILES string of the molecule is COC1CCN(c2ccc(C#N)nc2)C(CN)C1. The molecule has 1 aliphatic heterocycles. The molecule has 0 bridgehead atoms. The van der Waals surface area contributed by atoms with Crippen LogP contribution in [0.15, 0.2) is 18.3 Å². The predicted octanol–water partition coefficient (Wildman–Crippen LogP) is 0.896. The van der Waals surface area contributed by atoms with Gasteiger partial charge in [0.15, 0.2) is 0 Å². The van der Waals surface area contributed by atoms with Crippen LogP contribution in [0.5, 0.6) is 0 Å². The van der Waals surface area contributed by atoms with E-state index in [2.05, 4.69) is 9.88 Å². The number of aromatic nitrogens is 1. The van der Waals surface area contributed by atoms with Crippen molar-refractivity contribution in [3.63, 3.8) is 0 Å². The Morgan fingerprint density at radius 3 is 3.00 bits per heavy atom. The first kappa shape index (κ1) is 12.8. The van der Waals surface area contributed by atoms with E-state index in [1.807, 2.05) is 12.1 Å². The fourth-order valence-electron chi connectivity index (χ4n) is 2.41. The number of piperidine rings is 1. The lowest BCUT2D eigenvalue weighted by molar-refractivity contribution is 0.0709. The first-order chi connectivity index (χ1) is 8.78. The Hall–Kier alpha value is -1.64. The summed E-state index contributed by atoms with van der Waals surface area (Å²) in [4.78, 5) is 6.36. The molecule has 1 fully saturated rings. The molecule has 5 nitrogen and oxygen atoms in total. The van der Waals surface area contributed by atoms with E-state index in [1.165, 1.54) is 0 Å². The normalized spacial score (nSPS) is 23.7. The highest BCUT2D eigenvalue weighted by molar-refractivity contribution is 5.47. The van der Waals surface area contributed by atoms with Crippen LogP contribution >= 0.6 is 0 Å². The number of hydrogen-bond acceptors (Lipinski definition) is 5. The van der Waals surface area contributed by atoms with Crippen LogP contribution in [0, 0.1) is 11.3 Å². The molecule has 1 aromatic heterocycles. The maximum atomic E-state index is 8.74. The molecule has 18 heavy (non-hydrogen) atoms. The molecular weight excluding hydrogens is 228 g/mol. The summed E-state index contributed by atoms with van der Waals surface area (Å²) in [5, 5.41) is 8.74. The van der Waals surface area contributed by atoms with Gasteiger partial charge >= 0.3 is 0 Å². The minimum Gasteiger partial charge on any atom is -0.381 e. The molecule has 1 saturated heterocycles. The summed E-state index contributed by atoms with van der Waals surface area (Å²) in [6, 6.07) is 5.97. The highest BCUT2D eigenvalue weighted by Crippen LogP contribution is 2.25. The number of ether oxygens (including phenoxy) is 1. The second-order valence-corrected chi connectivity index (χ2v) is 4.48. The van der Waals surface area contributed by atoms with Crippen LogP contribution in [0.25, 0.3) is 0 Å². The van der Waals surface area contributed by atoms with Gasteiger partial charge in [-0.25, -0.2) is 4.98 Å². The Balaban J connectivity index is 2.13. The van der Waals surface area contributed by atoms with Gasteiger partial charge in [-0.05, 0) is 25.0 Å². The largest absolute Gasteiger partial charge is 0.381 e. The Bertz CT molecular complexity index is 426. The summed E-state index contributed by atoms with van der Waals surface area (Å²) in [5.41, 5.74) is 7.30. The van der Waals surface area contributed by atoms with Crippen molar-refractivity contribution in [3.05, 3.63) is 24.0 Å². The van der Waals surface area contributed by atoms with Gasteiger partial charge in [-0.3, -0.25) is 0 Å². The van der Waals surface area contributed by atoms with Crippen LogP contribution in [0.3, 0.4) is 0 Å². The number of nitrogens with zero attached hydrogens (tertiary/aromatic N) is 3. The van der Waals surface area contributed by atoms with Crippen molar-refractivity contribution in [3.8, 4) is 6.07 Å². The van der Waals surface area contributed by atoms with Gasteiger partial charge in [0.2, 0.25) is 0 Å². The van der Waals surface area contributed by atoms with E-state index in [-0.39, 0.29) is 6.04 Å². The molecule has 1 aromatic rings. The quantitative estimate of drug-likeness (QED) is 0.857. The van der Waals surface area contributed by atoms with E-state index >= 15 is 0 Å². The lowest BCUT2D eigenvalue weighted by Gasteiger charge is -2.39. The van der Waals surface area contributed by atoms with E-state index in [9.17, 15) is 0 Å². The average molecular weight is 246 g/mol. The zero-order valence-corrected chi connectivity index (χ0v) is 10.5. The predicted molar refractivity (Wildman–Crippen MR) is 69.2 cm³/mol. The smallest absolute Gasteiger partial charge is 0.140 e. The molecule has 0 spiro atoms. The van der Waals surface area contributed by atoms with Crippen LogP contribution in [0.2, 0.25) is 0 Å². The summed E-state index contributed by atoms with van der Waals surface area (Å²) >= 11 is 0. The zero-order chi connectivity index (χ0) is 13.0. The standard InChI is InChI=1S/C13H18N4O/c1-18-13-4-5-17(12(6-13)8-15)11-3-2-10(7-14)16-9-11/h2-3,9,12-13H,4-6,8,15H2,1H3. The Labute approximate surface area is 107 Å². The third-order valence-corrected chi connectivity index (χ3v) is 3.47. The molecule has 2 rings (SSSR count). The molecule has 0 amide bonds. The molecule has 0 aliphatic carbocycles. The fourth-order valence-corrected chi connectivity index (χ4v) is 2.41. The van der Waals surface area contributed by atoms with E-state index in [0.29, 0.717) is 18.3 Å². The molecule has 2 atom stereocenters. The van der Waals surface area contributed by atoms with Gasteiger partial charge in [0, 0.05) is 26.2 Å². The lowest BCUT2D eigenvalue weighted by Crippen LogP contribution is -2.48. The number of methoxy groups -OCH3 is 1. The summed E-state index contributed by atoms with van der Waals surface area (Å²) in [6.07, 6.45) is 3.97. The zero-order valence-electron chi connectivity index (χ0n) is 10.5. The van der Waals surface area contributed by atoms with Gasteiger partial charge in [0.1, 0.15) is 11.8 Å². The van der Waals surface area contributed by atoms with Crippen molar-refractivity contribution >= 4 is 5.69 Å². The number of pyridine rings is 1. The van der Waals surface area contributed by atoms with E-state index in [4.69, 9.17) is 15.7 Å². The third-order valence-electron chi connectivity index (χ3n) is 3.47. The fraction of sp³-hybridized carbons (Fsp3) is 0.538. The maximum Gasteiger partial charge on any atom is 0.140 e. The van der Waals surface area contributed by atoms with Crippen molar-refractivity contribution in [2.24, 2.45) is 5.73 Å². The number of anilines is 1. The highest BCUT2D eigenvalue weighted by Gasteiger charge is 2.27. The Morgan fingerprint density at radius 2 is 2.44 bits per heavy atom. The number of nitriles is 1. The number of nitrogens with two attached hydrogens (primary N) is 1. The number of hydrogen-bond donors (Lipinski definition) is 1. The van der Waals surface area contributed by atoms with Crippen LogP contribution in [-0.2, 0) is 4.74 Å². The van der Waals surface area contributed by atoms with Gasteiger partial charge in [-0.15, -0.1) is 0 Å². The van der Waals surface area contributed by atoms with Gasteiger partial charge in [0.05, 0.1) is 18.0 Å². The molecule has 96 valence electrons. The second kappa shape index (κ2) is 5.80. The van der Waals surface area contributed by atoms with Crippen LogP contribution in [0.4, 0.5) is 5.69 Å². The molecule has 0 radical (unpaired) electrons. The van der Waals surface area contributed by atoms with E-state index in [1.54, 1.807) is 19.4 Å². The van der Waals surface area contributed by atoms with Crippen LogP contribution < -0.4 is 10.6 Å². The molecule has 0 saturated carbocycles. The lowest BCUT2D eigenvalue weighted by atomic mass is 9.98. The first-order valence-corrected chi connectivity index (χ1v) is 6.14. The van der Waals surface area contributed by atoms with Gasteiger partial charge in [0.25, 0.3) is 0 Å².